The van der Waals surface area contributed by atoms with Gasteiger partial charge in [0, 0.05) is 0 Å². The third-order valence-electron chi connectivity index (χ3n) is 4.81. The van der Waals surface area contributed by atoms with Gasteiger partial charge in [-0.15, -0.1) is 0 Å². The molecule has 130 valence electrons. The molecular formula is C24H34. The van der Waals surface area contributed by atoms with Crippen LogP contribution in [-0.2, 0) is 6.42 Å². The van der Waals surface area contributed by atoms with Crippen LogP contribution in [0, 0.1) is 0 Å². The Labute approximate surface area is 149 Å². The summed E-state index contributed by atoms with van der Waals surface area (Å²) in [7, 11) is 0. The van der Waals surface area contributed by atoms with E-state index in [0.717, 1.165) is 6.42 Å². The van der Waals surface area contributed by atoms with Crippen LogP contribution in [0.1, 0.15) is 76.7 Å². The fraction of sp³-hybridized carbons (Fsp3) is 0.500. The maximum absolute atomic E-state index is 2.37. The lowest BCUT2D eigenvalue weighted by Gasteiger charge is -2.01. The maximum Gasteiger partial charge on any atom is -0.00972 e. The van der Waals surface area contributed by atoms with Crippen molar-refractivity contribution >= 4 is 10.8 Å². The summed E-state index contributed by atoms with van der Waals surface area (Å²) < 4.78 is 0. The first-order valence-electron chi connectivity index (χ1n) is 10.0. The van der Waals surface area contributed by atoms with Gasteiger partial charge in [-0.3, -0.25) is 0 Å². The second-order valence-corrected chi connectivity index (χ2v) is 6.97. The van der Waals surface area contributed by atoms with Gasteiger partial charge in [-0.1, -0.05) is 113 Å². The molecule has 0 saturated heterocycles. The van der Waals surface area contributed by atoms with Crippen LogP contribution in [-0.4, -0.2) is 0 Å². The maximum atomic E-state index is 2.37. The predicted octanol–water partition coefficient (Wildman–Crippen LogP) is 7.86. The molecule has 2 aromatic rings. The molecule has 0 aliphatic heterocycles. The lowest BCUT2D eigenvalue weighted by molar-refractivity contribution is 0.566. The van der Waals surface area contributed by atoms with E-state index >= 15 is 0 Å². The van der Waals surface area contributed by atoms with Gasteiger partial charge in [-0.05, 0) is 35.6 Å². The normalized spacial score (nSPS) is 11.5. The van der Waals surface area contributed by atoms with Crippen molar-refractivity contribution in [2.75, 3.05) is 0 Å². The summed E-state index contributed by atoms with van der Waals surface area (Å²) in [6.45, 7) is 2.29. The number of rotatable bonds is 12. The monoisotopic (exact) mass is 322 g/mol. The van der Waals surface area contributed by atoms with E-state index in [1.165, 1.54) is 80.5 Å². The number of hydrogen-bond acceptors (Lipinski definition) is 0. The molecule has 0 saturated carbocycles. The standard InChI is InChI=1S/C24H34/c1-2-3-4-5-6-7-8-9-10-11-12-13-16-22-19-20-23-17-14-15-18-24(23)21-22/h12-15,17-21H,2-11,16H2,1H3/b13-12+. The minimum Gasteiger partial charge on any atom is -0.0882 e. The van der Waals surface area contributed by atoms with E-state index in [4.69, 9.17) is 0 Å². The van der Waals surface area contributed by atoms with Crippen LogP contribution in [0.25, 0.3) is 10.8 Å². The molecule has 0 unspecified atom stereocenters. The minimum atomic E-state index is 1.06. The van der Waals surface area contributed by atoms with Crippen LogP contribution in [0.4, 0.5) is 0 Å². The smallest absolute Gasteiger partial charge is 0.00972 e. The first kappa shape index (κ1) is 18.8. The molecule has 0 heteroatoms. The second-order valence-electron chi connectivity index (χ2n) is 6.97. The van der Waals surface area contributed by atoms with Crippen molar-refractivity contribution in [3.63, 3.8) is 0 Å². The molecule has 24 heavy (non-hydrogen) atoms. The molecule has 0 spiro atoms. The third-order valence-corrected chi connectivity index (χ3v) is 4.81. The summed E-state index contributed by atoms with van der Waals surface area (Å²) in [5.74, 6) is 0. The van der Waals surface area contributed by atoms with Gasteiger partial charge in [-0.25, -0.2) is 0 Å². The average Bonchev–Trinajstić information content (AvgIpc) is 2.62. The molecule has 0 aliphatic carbocycles. The van der Waals surface area contributed by atoms with Crippen LogP contribution in [0.5, 0.6) is 0 Å². The van der Waals surface area contributed by atoms with Crippen molar-refractivity contribution < 1.29 is 0 Å². The fourth-order valence-corrected chi connectivity index (χ4v) is 3.28. The number of allylic oxidation sites excluding steroid dienone is 2. The molecular weight excluding hydrogens is 288 g/mol. The van der Waals surface area contributed by atoms with Gasteiger partial charge < -0.3 is 0 Å². The van der Waals surface area contributed by atoms with Crippen LogP contribution < -0.4 is 0 Å². The van der Waals surface area contributed by atoms with Gasteiger partial charge in [0.1, 0.15) is 0 Å². The Hall–Kier alpha value is -1.56. The van der Waals surface area contributed by atoms with Crippen molar-refractivity contribution in [3.05, 3.63) is 60.2 Å². The van der Waals surface area contributed by atoms with Crippen molar-refractivity contribution in [1.82, 2.24) is 0 Å². The van der Waals surface area contributed by atoms with Crippen molar-refractivity contribution in [3.8, 4) is 0 Å². The van der Waals surface area contributed by atoms with Gasteiger partial charge in [0.25, 0.3) is 0 Å². The first-order chi connectivity index (χ1) is 11.9. The second kappa shape index (κ2) is 11.9. The van der Waals surface area contributed by atoms with Crippen LogP contribution >= 0.6 is 0 Å². The molecule has 0 heterocycles. The van der Waals surface area contributed by atoms with E-state index in [1.807, 2.05) is 0 Å². The number of hydrogen-bond donors (Lipinski definition) is 0. The summed E-state index contributed by atoms with van der Waals surface area (Å²) in [6, 6.07) is 15.4. The van der Waals surface area contributed by atoms with E-state index in [2.05, 4.69) is 61.5 Å². The van der Waals surface area contributed by atoms with Crippen molar-refractivity contribution in [2.45, 2.75) is 77.6 Å². The molecule has 0 atom stereocenters. The summed E-state index contributed by atoms with van der Waals surface area (Å²) in [5.41, 5.74) is 1.41. The van der Waals surface area contributed by atoms with Crippen LogP contribution in [0.2, 0.25) is 0 Å². The van der Waals surface area contributed by atoms with E-state index in [9.17, 15) is 0 Å². The zero-order valence-corrected chi connectivity index (χ0v) is 15.5. The highest BCUT2D eigenvalue weighted by Crippen LogP contribution is 2.16. The molecule has 2 rings (SSSR count). The zero-order chi connectivity index (χ0) is 16.9. The minimum absolute atomic E-state index is 1.06. The van der Waals surface area contributed by atoms with Crippen LogP contribution in [0.3, 0.4) is 0 Å². The van der Waals surface area contributed by atoms with Crippen LogP contribution in [0.15, 0.2) is 54.6 Å². The van der Waals surface area contributed by atoms with Gasteiger partial charge in [0.05, 0.1) is 0 Å². The predicted molar refractivity (Wildman–Crippen MR) is 109 cm³/mol. The molecule has 0 aromatic heterocycles. The molecule has 2 aromatic carbocycles. The Bertz CT molecular complexity index is 594. The first-order valence-corrected chi connectivity index (χ1v) is 10.0. The van der Waals surface area contributed by atoms with Gasteiger partial charge in [-0.2, -0.15) is 0 Å². The van der Waals surface area contributed by atoms with Crippen molar-refractivity contribution in [1.29, 1.82) is 0 Å². The lowest BCUT2D eigenvalue weighted by atomic mass is 10.0. The van der Waals surface area contributed by atoms with Gasteiger partial charge in [0.15, 0.2) is 0 Å². The third kappa shape index (κ3) is 7.34. The molecule has 0 bridgehead atoms. The summed E-state index contributed by atoms with van der Waals surface area (Å²) >= 11 is 0. The molecule has 0 radical (unpaired) electrons. The molecule has 0 N–H and O–H groups in total. The van der Waals surface area contributed by atoms with Crippen molar-refractivity contribution in [2.24, 2.45) is 0 Å². The largest absolute Gasteiger partial charge is 0.0882 e. The highest BCUT2D eigenvalue weighted by Gasteiger charge is 1.94. The topological polar surface area (TPSA) is 0 Å². The zero-order valence-electron chi connectivity index (χ0n) is 15.5. The quantitative estimate of drug-likeness (QED) is 0.275. The van der Waals surface area contributed by atoms with E-state index in [0.29, 0.717) is 0 Å². The Morgan fingerprint density at radius 3 is 2.08 bits per heavy atom. The van der Waals surface area contributed by atoms with E-state index in [1.54, 1.807) is 0 Å². The number of unbranched alkanes of at least 4 members (excludes halogenated alkanes) is 9. The van der Waals surface area contributed by atoms with Gasteiger partial charge in [0.2, 0.25) is 0 Å². The SMILES string of the molecule is CCCCCCCCCCC/C=C/Cc1ccc2ccccc2c1. The summed E-state index contributed by atoms with van der Waals surface area (Å²) in [4.78, 5) is 0. The van der Waals surface area contributed by atoms with E-state index in [-0.39, 0.29) is 0 Å². The fourth-order valence-electron chi connectivity index (χ4n) is 3.28. The lowest BCUT2D eigenvalue weighted by Crippen LogP contribution is -1.82. The highest BCUT2D eigenvalue weighted by molar-refractivity contribution is 5.83. The Morgan fingerprint density at radius 1 is 0.667 bits per heavy atom. The molecule has 0 fully saturated rings. The average molecular weight is 323 g/mol. The molecule has 0 amide bonds. The Kier molecular flexibility index (Phi) is 9.31. The Morgan fingerprint density at radius 2 is 1.33 bits per heavy atom. The molecule has 0 aliphatic rings. The van der Waals surface area contributed by atoms with E-state index < -0.39 is 0 Å². The number of benzene rings is 2. The number of fused-ring (bicyclic) bond motifs is 1. The van der Waals surface area contributed by atoms with Gasteiger partial charge >= 0.3 is 0 Å². The Balaban J connectivity index is 1.53. The highest BCUT2D eigenvalue weighted by atomic mass is 14.0. The molecule has 0 nitrogen and oxygen atoms in total. The summed E-state index contributed by atoms with van der Waals surface area (Å²) in [5, 5.41) is 2.68. The summed E-state index contributed by atoms with van der Waals surface area (Å²) in [6.07, 6.45) is 19.7.